The molecule has 0 aliphatic carbocycles. The molecule has 0 saturated heterocycles. The van der Waals surface area contributed by atoms with Crippen LogP contribution in [0.5, 0.6) is 0 Å². The van der Waals surface area contributed by atoms with Crippen LogP contribution in [-0.2, 0) is 6.42 Å². The lowest BCUT2D eigenvalue weighted by atomic mass is 9.87. The average Bonchev–Trinajstić information content (AvgIpc) is 3.10. The molecule has 0 unspecified atom stereocenters. The van der Waals surface area contributed by atoms with E-state index in [-0.39, 0.29) is 0 Å². The molecule has 1 aromatic carbocycles. The maximum absolute atomic E-state index is 4.57. The van der Waals surface area contributed by atoms with Crippen molar-refractivity contribution in [3.8, 4) is 0 Å². The molecule has 4 heteroatoms. The minimum Gasteiger partial charge on any atom is -0.348 e. The molecule has 0 aliphatic heterocycles. The molecule has 3 nitrogen and oxygen atoms in total. The molecule has 0 fully saturated rings. The van der Waals surface area contributed by atoms with E-state index in [4.69, 9.17) is 0 Å². The first-order valence-electron chi connectivity index (χ1n) is 7.53. The predicted molar refractivity (Wildman–Crippen MR) is 91.6 cm³/mol. The molecule has 0 spiro atoms. The molecule has 0 aliphatic rings. The summed E-state index contributed by atoms with van der Waals surface area (Å²) in [5, 5.41) is 1.14. The van der Waals surface area contributed by atoms with Crippen molar-refractivity contribution in [1.29, 1.82) is 0 Å². The maximum Gasteiger partial charge on any atom is 0.0921 e. The van der Waals surface area contributed by atoms with Crippen molar-refractivity contribution in [2.24, 2.45) is 0 Å². The molecule has 0 radical (unpaired) electrons. The molecule has 2 heterocycles. The van der Waals surface area contributed by atoms with Gasteiger partial charge in [-0.05, 0) is 50.8 Å². The summed E-state index contributed by atoms with van der Waals surface area (Å²) in [4.78, 5) is 13.5. The zero-order valence-electron chi connectivity index (χ0n) is 13.5. The summed E-state index contributed by atoms with van der Waals surface area (Å²) in [6.07, 6.45) is 4.66. The predicted octanol–water partition coefficient (Wildman–Crippen LogP) is 4.47. The Balaban J connectivity index is 2.05. The molecule has 114 valence electrons. The number of H-pyrrole nitrogens is 1. The van der Waals surface area contributed by atoms with Crippen molar-refractivity contribution >= 4 is 11.3 Å². The fourth-order valence-electron chi connectivity index (χ4n) is 2.94. The van der Waals surface area contributed by atoms with Gasteiger partial charge in [-0.3, -0.25) is 0 Å². The first-order chi connectivity index (χ1) is 10.6. The van der Waals surface area contributed by atoms with Crippen molar-refractivity contribution in [1.82, 2.24) is 15.0 Å². The van der Waals surface area contributed by atoms with Gasteiger partial charge in [0.25, 0.3) is 0 Å². The van der Waals surface area contributed by atoms with Gasteiger partial charge in [0, 0.05) is 22.7 Å². The number of aromatic nitrogens is 3. The van der Waals surface area contributed by atoms with Gasteiger partial charge in [0.1, 0.15) is 0 Å². The maximum atomic E-state index is 4.57. The molecule has 1 atom stereocenters. The topological polar surface area (TPSA) is 41.6 Å². The number of aromatic amines is 1. The molecular weight excluding hydrogens is 290 g/mol. The SMILES string of the molecule is Cc1nc(C)c(C[C@H](c2cnc[nH]2)c2cccc(C)c2C)s1. The minimum atomic E-state index is 0.293. The number of nitrogens with zero attached hydrogens (tertiary/aromatic N) is 2. The highest BCUT2D eigenvalue weighted by molar-refractivity contribution is 7.11. The van der Waals surface area contributed by atoms with E-state index in [1.54, 1.807) is 17.7 Å². The number of rotatable bonds is 4. The number of thiazole rings is 1. The number of hydrogen-bond acceptors (Lipinski definition) is 3. The number of aryl methyl sites for hydroxylation is 3. The Bertz CT molecular complexity index is 772. The van der Waals surface area contributed by atoms with Crippen LogP contribution in [0.2, 0.25) is 0 Å². The first-order valence-corrected chi connectivity index (χ1v) is 8.35. The number of imidazole rings is 1. The van der Waals surface area contributed by atoms with E-state index in [2.05, 4.69) is 60.8 Å². The molecule has 3 aromatic rings. The van der Waals surface area contributed by atoms with Crippen molar-refractivity contribution < 1.29 is 0 Å². The molecule has 1 N–H and O–H groups in total. The molecule has 0 bridgehead atoms. The van der Waals surface area contributed by atoms with Crippen molar-refractivity contribution in [2.45, 2.75) is 40.0 Å². The van der Waals surface area contributed by atoms with Gasteiger partial charge in [-0.15, -0.1) is 11.3 Å². The Morgan fingerprint density at radius 2 is 2.00 bits per heavy atom. The van der Waals surface area contributed by atoms with Crippen LogP contribution in [0, 0.1) is 27.7 Å². The Morgan fingerprint density at radius 1 is 1.18 bits per heavy atom. The van der Waals surface area contributed by atoms with Gasteiger partial charge in [0.05, 0.1) is 17.0 Å². The lowest BCUT2D eigenvalue weighted by Gasteiger charge is -2.19. The smallest absolute Gasteiger partial charge is 0.0921 e. The van der Waals surface area contributed by atoms with E-state index in [0.717, 1.165) is 17.1 Å². The second-order valence-corrected chi connectivity index (χ2v) is 7.08. The Kier molecular flexibility index (Phi) is 4.12. The standard InChI is InChI=1S/C18H21N3S/c1-11-6-5-7-15(12(11)2)16(17-9-19-10-20-17)8-18-13(3)21-14(4)22-18/h5-7,9-10,16H,8H2,1-4H3,(H,19,20)/t16-/m0/s1. The van der Waals surface area contributed by atoms with E-state index in [1.807, 2.05) is 6.20 Å². The van der Waals surface area contributed by atoms with E-state index in [0.29, 0.717) is 5.92 Å². The van der Waals surface area contributed by atoms with E-state index < -0.39 is 0 Å². The lowest BCUT2D eigenvalue weighted by Crippen LogP contribution is -2.08. The zero-order valence-corrected chi connectivity index (χ0v) is 14.3. The number of hydrogen-bond donors (Lipinski definition) is 1. The Morgan fingerprint density at radius 3 is 2.64 bits per heavy atom. The van der Waals surface area contributed by atoms with Gasteiger partial charge in [-0.25, -0.2) is 9.97 Å². The highest BCUT2D eigenvalue weighted by Crippen LogP contribution is 2.33. The molecular formula is C18H21N3S. The van der Waals surface area contributed by atoms with E-state index >= 15 is 0 Å². The largest absolute Gasteiger partial charge is 0.348 e. The van der Waals surface area contributed by atoms with Gasteiger partial charge in [0.15, 0.2) is 0 Å². The summed E-state index contributed by atoms with van der Waals surface area (Å²) in [7, 11) is 0. The van der Waals surface area contributed by atoms with Gasteiger partial charge in [-0.1, -0.05) is 18.2 Å². The summed E-state index contributed by atoms with van der Waals surface area (Å²) in [6, 6.07) is 6.55. The van der Waals surface area contributed by atoms with Crippen LogP contribution in [0.4, 0.5) is 0 Å². The molecule has 0 saturated carbocycles. The lowest BCUT2D eigenvalue weighted by molar-refractivity contribution is 0.776. The molecule has 2 aromatic heterocycles. The minimum absolute atomic E-state index is 0.293. The first kappa shape index (κ1) is 15.0. The van der Waals surface area contributed by atoms with E-state index in [1.165, 1.54) is 27.3 Å². The van der Waals surface area contributed by atoms with Crippen LogP contribution in [0.1, 0.15) is 43.9 Å². The van der Waals surface area contributed by atoms with Crippen molar-refractivity contribution in [3.63, 3.8) is 0 Å². The summed E-state index contributed by atoms with van der Waals surface area (Å²) in [5.74, 6) is 0.293. The summed E-state index contributed by atoms with van der Waals surface area (Å²) >= 11 is 1.80. The van der Waals surface area contributed by atoms with Crippen LogP contribution in [0.15, 0.2) is 30.7 Å². The van der Waals surface area contributed by atoms with Crippen LogP contribution in [0.3, 0.4) is 0 Å². The van der Waals surface area contributed by atoms with Crippen molar-refractivity contribution in [3.05, 3.63) is 68.7 Å². The normalized spacial score (nSPS) is 12.5. The highest BCUT2D eigenvalue weighted by Gasteiger charge is 2.21. The van der Waals surface area contributed by atoms with Crippen LogP contribution >= 0.6 is 11.3 Å². The Hall–Kier alpha value is -1.94. The van der Waals surface area contributed by atoms with Crippen LogP contribution in [-0.4, -0.2) is 15.0 Å². The number of benzene rings is 1. The third kappa shape index (κ3) is 2.83. The summed E-state index contributed by atoms with van der Waals surface area (Å²) in [6.45, 7) is 8.56. The average molecular weight is 311 g/mol. The fraction of sp³-hybridized carbons (Fsp3) is 0.333. The van der Waals surface area contributed by atoms with Gasteiger partial charge >= 0.3 is 0 Å². The van der Waals surface area contributed by atoms with Crippen molar-refractivity contribution in [2.75, 3.05) is 0 Å². The monoisotopic (exact) mass is 311 g/mol. The molecule has 22 heavy (non-hydrogen) atoms. The van der Waals surface area contributed by atoms with Crippen LogP contribution in [0.25, 0.3) is 0 Å². The van der Waals surface area contributed by atoms with E-state index in [9.17, 15) is 0 Å². The second kappa shape index (κ2) is 6.05. The Labute approximate surface area is 135 Å². The zero-order chi connectivity index (χ0) is 15.7. The highest BCUT2D eigenvalue weighted by atomic mass is 32.1. The second-order valence-electron chi connectivity index (χ2n) is 5.79. The van der Waals surface area contributed by atoms with Gasteiger partial charge < -0.3 is 4.98 Å². The third-order valence-electron chi connectivity index (χ3n) is 4.31. The van der Waals surface area contributed by atoms with Gasteiger partial charge in [0.2, 0.25) is 0 Å². The molecule has 3 rings (SSSR count). The fourth-order valence-corrected chi connectivity index (χ4v) is 3.93. The molecule has 0 amide bonds. The number of nitrogens with one attached hydrogen (secondary N) is 1. The summed E-state index contributed by atoms with van der Waals surface area (Å²) < 4.78 is 0. The third-order valence-corrected chi connectivity index (χ3v) is 5.40. The summed E-state index contributed by atoms with van der Waals surface area (Å²) in [5.41, 5.74) is 6.38. The van der Waals surface area contributed by atoms with Gasteiger partial charge in [-0.2, -0.15) is 0 Å². The quantitative estimate of drug-likeness (QED) is 0.772. The van der Waals surface area contributed by atoms with Crippen LogP contribution < -0.4 is 0 Å².